The van der Waals surface area contributed by atoms with Crippen molar-refractivity contribution >= 4 is 16.7 Å². The quantitative estimate of drug-likeness (QED) is 0.836. The number of pyridine rings is 1. The minimum Gasteiger partial charge on any atom is -0.493 e. The van der Waals surface area contributed by atoms with E-state index >= 15 is 0 Å². The highest BCUT2D eigenvalue weighted by Crippen LogP contribution is 2.45. The van der Waals surface area contributed by atoms with Crippen LogP contribution >= 0.6 is 0 Å². The number of benzene rings is 1. The zero-order valence-corrected chi connectivity index (χ0v) is 17.2. The van der Waals surface area contributed by atoms with Crippen LogP contribution in [-0.2, 0) is 12.8 Å². The molecule has 2 aromatic rings. The fraction of sp³-hybridized carbons (Fsp3) is 0.591. The molecule has 0 atom stereocenters. The number of hydrogen-bond donors (Lipinski definition) is 1. The summed E-state index contributed by atoms with van der Waals surface area (Å²) in [6.45, 7) is 10.9. The van der Waals surface area contributed by atoms with Crippen LogP contribution in [0.4, 0.5) is 5.82 Å². The summed E-state index contributed by atoms with van der Waals surface area (Å²) in [4.78, 5) is 11.1. The number of rotatable bonds is 5. The van der Waals surface area contributed by atoms with Crippen molar-refractivity contribution in [2.24, 2.45) is 5.41 Å². The molecule has 1 aromatic carbocycles. The molecule has 1 saturated heterocycles. The molecule has 1 aliphatic heterocycles. The van der Waals surface area contributed by atoms with E-state index in [1.807, 2.05) is 11.1 Å². The molecule has 0 radical (unpaired) electrons. The van der Waals surface area contributed by atoms with Crippen molar-refractivity contribution in [3.8, 4) is 11.5 Å². The third-order valence-corrected chi connectivity index (χ3v) is 5.52. The van der Waals surface area contributed by atoms with Crippen LogP contribution in [0.25, 0.3) is 10.9 Å². The average Bonchev–Trinajstić information content (AvgIpc) is 3.21. The van der Waals surface area contributed by atoms with E-state index in [1.165, 1.54) is 29.4 Å². The minimum absolute atomic E-state index is 0.254. The molecule has 0 unspecified atom stereocenters. The summed E-state index contributed by atoms with van der Waals surface area (Å²) in [5, 5.41) is 6.77. The lowest BCUT2D eigenvalue weighted by Gasteiger charge is -2.20. The highest BCUT2D eigenvalue weighted by Gasteiger charge is 2.33. The van der Waals surface area contributed by atoms with Gasteiger partial charge in [0.05, 0.1) is 12.6 Å². The van der Waals surface area contributed by atoms with E-state index < -0.39 is 0 Å². The Morgan fingerprint density at radius 2 is 1.78 bits per heavy atom. The molecule has 0 spiro atoms. The highest BCUT2D eigenvalue weighted by atomic mass is 16.7. The van der Waals surface area contributed by atoms with Gasteiger partial charge in [-0.3, -0.25) is 0 Å². The van der Waals surface area contributed by atoms with Crippen LogP contribution in [0.1, 0.15) is 51.7 Å². The van der Waals surface area contributed by atoms with E-state index in [9.17, 15) is 0 Å². The molecule has 146 valence electrons. The van der Waals surface area contributed by atoms with Gasteiger partial charge in [-0.25, -0.2) is 4.98 Å². The predicted octanol–water partition coefficient (Wildman–Crippen LogP) is 4.58. The summed E-state index contributed by atoms with van der Waals surface area (Å²) in [5.74, 6) is 2.56. The summed E-state index contributed by atoms with van der Waals surface area (Å²) in [6, 6.07) is 4.51. The molecule has 0 amide bonds. The Balaban J connectivity index is 1.84. The van der Waals surface area contributed by atoms with Gasteiger partial charge in [-0.2, -0.15) is 0 Å². The number of nitrogens with zero attached hydrogens (tertiary/aromatic N) is 2. The fourth-order valence-corrected chi connectivity index (χ4v) is 4.33. The first-order valence-corrected chi connectivity index (χ1v) is 10.1. The van der Waals surface area contributed by atoms with Crippen LogP contribution < -0.4 is 14.9 Å². The van der Waals surface area contributed by atoms with Crippen molar-refractivity contribution < 1.29 is 9.57 Å². The molecule has 0 bridgehead atoms. The average molecular weight is 370 g/mol. The maximum absolute atomic E-state index is 6.13. The molecule has 5 nitrogen and oxygen atoms in total. The van der Waals surface area contributed by atoms with Gasteiger partial charge in [0.25, 0.3) is 0 Å². The fourth-order valence-electron chi connectivity index (χ4n) is 4.33. The van der Waals surface area contributed by atoms with Crippen LogP contribution in [0.15, 0.2) is 12.1 Å². The second-order valence-corrected chi connectivity index (χ2v) is 8.98. The molecule has 0 saturated carbocycles. The van der Waals surface area contributed by atoms with Gasteiger partial charge < -0.3 is 14.9 Å². The number of ether oxygens (including phenoxy) is 1. The Labute approximate surface area is 162 Å². The molecule has 1 aliphatic carbocycles. The molecular formula is C22H31N3O2. The summed E-state index contributed by atoms with van der Waals surface area (Å²) >= 11 is 0. The van der Waals surface area contributed by atoms with E-state index in [4.69, 9.17) is 14.6 Å². The zero-order chi connectivity index (χ0) is 19.2. The lowest BCUT2D eigenvalue weighted by Crippen LogP contribution is -2.23. The van der Waals surface area contributed by atoms with Gasteiger partial charge in [-0.05, 0) is 62.1 Å². The Bertz CT molecular complexity index is 854. The molecule has 2 heterocycles. The predicted molar refractivity (Wildman–Crippen MR) is 110 cm³/mol. The normalized spacial score (nSPS) is 18.9. The van der Waals surface area contributed by atoms with E-state index in [1.54, 1.807) is 7.11 Å². The van der Waals surface area contributed by atoms with E-state index in [-0.39, 0.29) is 5.41 Å². The maximum Gasteiger partial charge on any atom is 0.191 e. The molecule has 1 aromatic heterocycles. The molecule has 2 aliphatic rings. The van der Waals surface area contributed by atoms with Gasteiger partial charge in [0.1, 0.15) is 5.82 Å². The SMILES string of the molecule is COc1cc2c3c(c(NC(C)C)nc2cc1ON1CCCC1)CC(C)(C)C3. The van der Waals surface area contributed by atoms with Gasteiger partial charge in [0.2, 0.25) is 0 Å². The highest BCUT2D eigenvalue weighted by molar-refractivity contribution is 5.89. The third kappa shape index (κ3) is 3.57. The number of anilines is 1. The smallest absolute Gasteiger partial charge is 0.191 e. The van der Waals surface area contributed by atoms with Gasteiger partial charge in [-0.15, -0.1) is 5.06 Å². The number of hydrogen-bond acceptors (Lipinski definition) is 5. The molecule has 5 heteroatoms. The Morgan fingerprint density at radius 3 is 2.44 bits per heavy atom. The number of methoxy groups -OCH3 is 1. The Kier molecular flexibility index (Phi) is 4.66. The lowest BCUT2D eigenvalue weighted by atomic mass is 9.90. The van der Waals surface area contributed by atoms with Crippen LogP contribution in [-0.4, -0.2) is 36.3 Å². The largest absolute Gasteiger partial charge is 0.493 e. The van der Waals surface area contributed by atoms with Crippen LogP contribution in [0.3, 0.4) is 0 Å². The van der Waals surface area contributed by atoms with Crippen molar-refractivity contribution in [2.75, 3.05) is 25.5 Å². The van der Waals surface area contributed by atoms with Crippen molar-refractivity contribution in [1.29, 1.82) is 0 Å². The molecule has 1 N–H and O–H groups in total. The van der Waals surface area contributed by atoms with Gasteiger partial charge in [0, 0.05) is 30.6 Å². The monoisotopic (exact) mass is 369 g/mol. The van der Waals surface area contributed by atoms with Crippen molar-refractivity contribution in [3.05, 3.63) is 23.3 Å². The molecular weight excluding hydrogens is 338 g/mol. The topological polar surface area (TPSA) is 46.6 Å². The number of hydroxylamine groups is 2. The van der Waals surface area contributed by atoms with Crippen LogP contribution in [0.2, 0.25) is 0 Å². The number of nitrogens with one attached hydrogen (secondary N) is 1. The van der Waals surface area contributed by atoms with E-state index in [0.717, 1.165) is 48.8 Å². The van der Waals surface area contributed by atoms with Crippen LogP contribution in [0.5, 0.6) is 11.5 Å². The second-order valence-electron chi connectivity index (χ2n) is 8.98. The molecule has 27 heavy (non-hydrogen) atoms. The lowest BCUT2D eigenvalue weighted by molar-refractivity contribution is -0.0366. The summed E-state index contributed by atoms with van der Waals surface area (Å²) < 4.78 is 5.68. The second kappa shape index (κ2) is 6.86. The summed E-state index contributed by atoms with van der Waals surface area (Å²) in [5.41, 5.74) is 3.99. The first-order chi connectivity index (χ1) is 12.9. The van der Waals surface area contributed by atoms with Crippen molar-refractivity contribution in [1.82, 2.24) is 10.0 Å². The first kappa shape index (κ1) is 18.4. The number of aromatic nitrogens is 1. The van der Waals surface area contributed by atoms with Crippen molar-refractivity contribution in [3.63, 3.8) is 0 Å². The first-order valence-electron chi connectivity index (χ1n) is 10.1. The zero-order valence-electron chi connectivity index (χ0n) is 17.2. The summed E-state index contributed by atoms with van der Waals surface area (Å²) in [7, 11) is 1.71. The minimum atomic E-state index is 0.254. The maximum atomic E-state index is 6.13. The standard InChI is InChI=1S/C22H31N3O2/c1-14(2)23-21-17-13-22(3,4)12-16(17)15-10-19(26-5)20(11-18(15)24-21)27-25-8-6-7-9-25/h10-11,14H,6-9,12-13H2,1-5H3,(H,23,24). The van der Waals surface area contributed by atoms with Gasteiger partial charge in [0.15, 0.2) is 11.5 Å². The van der Waals surface area contributed by atoms with Crippen LogP contribution in [0, 0.1) is 5.41 Å². The van der Waals surface area contributed by atoms with Gasteiger partial charge >= 0.3 is 0 Å². The Morgan fingerprint density at radius 1 is 1.07 bits per heavy atom. The molecule has 4 rings (SSSR count). The van der Waals surface area contributed by atoms with E-state index in [0.29, 0.717) is 6.04 Å². The van der Waals surface area contributed by atoms with E-state index in [2.05, 4.69) is 39.1 Å². The molecule has 1 fully saturated rings. The van der Waals surface area contributed by atoms with Crippen molar-refractivity contribution in [2.45, 2.75) is 59.4 Å². The number of fused-ring (bicyclic) bond motifs is 3. The van der Waals surface area contributed by atoms with Gasteiger partial charge in [-0.1, -0.05) is 13.8 Å². The third-order valence-electron chi connectivity index (χ3n) is 5.52. The summed E-state index contributed by atoms with van der Waals surface area (Å²) in [6.07, 6.45) is 4.47. The Hall–Kier alpha value is -2.01.